The van der Waals surface area contributed by atoms with Gasteiger partial charge in [0.05, 0.1) is 22.1 Å². The van der Waals surface area contributed by atoms with Crippen molar-refractivity contribution < 1.29 is 4.79 Å². The lowest BCUT2D eigenvalue weighted by atomic mass is 10.3. The number of hydrogen-bond acceptors (Lipinski definition) is 4. The first kappa shape index (κ1) is 11.8. The van der Waals surface area contributed by atoms with Crippen LogP contribution >= 0.6 is 11.3 Å². The second kappa shape index (κ2) is 5.10. The summed E-state index contributed by atoms with van der Waals surface area (Å²) < 4.78 is 0. The van der Waals surface area contributed by atoms with Gasteiger partial charge < -0.3 is 4.90 Å². The third kappa shape index (κ3) is 2.91. The summed E-state index contributed by atoms with van der Waals surface area (Å²) in [5.74, 6) is 0. The van der Waals surface area contributed by atoms with Crippen molar-refractivity contribution in [3.8, 4) is 0 Å². The zero-order valence-electron chi connectivity index (χ0n) is 9.88. The highest BCUT2D eigenvalue weighted by Crippen LogP contribution is 2.24. The standard InChI is InChI=1S/C13H14N2OS/c1-10-4-3-5-11(14-10)8-15(2)13-7-6-12(9-16)17-13/h3-7,9H,8H2,1-2H3. The average molecular weight is 246 g/mol. The van der Waals surface area contributed by atoms with Gasteiger partial charge in [-0.1, -0.05) is 6.07 Å². The third-order valence-corrected chi connectivity index (χ3v) is 3.58. The van der Waals surface area contributed by atoms with E-state index in [1.165, 1.54) is 11.3 Å². The Kier molecular flexibility index (Phi) is 3.54. The van der Waals surface area contributed by atoms with Gasteiger partial charge in [-0.2, -0.15) is 0 Å². The van der Waals surface area contributed by atoms with Crippen LogP contribution in [-0.4, -0.2) is 18.3 Å². The summed E-state index contributed by atoms with van der Waals surface area (Å²) >= 11 is 1.49. The molecule has 2 heterocycles. The van der Waals surface area contributed by atoms with Crippen LogP contribution in [0.1, 0.15) is 21.1 Å². The molecule has 88 valence electrons. The summed E-state index contributed by atoms with van der Waals surface area (Å²) in [5.41, 5.74) is 2.06. The Morgan fingerprint density at radius 2 is 2.18 bits per heavy atom. The molecule has 2 rings (SSSR count). The van der Waals surface area contributed by atoms with E-state index in [1.54, 1.807) is 0 Å². The fourth-order valence-electron chi connectivity index (χ4n) is 1.62. The number of pyridine rings is 1. The van der Waals surface area contributed by atoms with Crippen molar-refractivity contribution in [3.05, 3.63) is 46.6 Å². The highest BCUT2D eigenvalue weighted by atomic mass is 32.1. The number of anilines is 1. The van der Waals surface area contributed by atoms with E-state index in [1.807, 2.05) is 44.3 Å². The van der Waals surface area contributed by atoms with Crippen LogP contribution in [0.15, 0.2) is 30.3 Å². The first-order chi connectivity index (χ1) is 8.19. The lowest BCUT2D eigenvalue weighted by Crippen LogP contribution is -2.16. The highest BCUT2D eigenvalue weighted by molar-refractivity contribution is 7.17. The zero-order valence-corrected chi connectivity index (χ0v) is 10.7. The fourth-order valence-corrected chi connectivity index (χ4v) is 2.40. The van der Waals surface area contributed by atoms with Crippen molar-refractivity contribution in [2.45, 2.75) is 13.5 Å². The van der Waals surface area contributed by atoms with Gasteiger partial charge in [0.25, 0.3) is 0 Å². The maximum Gasteiger partial charge on any atom is 0.160 e. The molecule has 3 nitrogen and oxygen atoms in total. The number of aryl methyl sites for hydroxylation is 1. The summed E-state index contributed by atoms with van der Waals surface area (Å²) in [5, 5.41) is 1.08. The lowest BCUT2D eigenvalue weighted by molar-refractivity contribution is 0.112. The van der Waals surface area contributed by atoms with Crippen LogP contribution in [0.3, 0.4) is 0 Å². The molecule has 0 spiro atoms. The molecule has 0 saturated heterocycles. The van der Waals surface area contributed by atoms with Gasteiger partial charge in [0.1, 0.15) is 0 Å². The van der Waals surface area contributed by atoms with Crippen LogP contribution in [0.5, 0.6) is 0 Å². The maximum atomic E-state index is 10.6. The molecule has 0 bridgehead atoms. The van der Waals surface area contributed by atoms with E-state index in [4.69, 9.17) is 0 Å². The molecule has 4 heteroatoms. The molecule has 0 radical (unpaired) electrons. The summed E-state index contributed by atoms with van der Waals surface area (Å²) in [7, 11) is 2.00. The zero-order chi connectivity index (χ0) is 12.3. The number of rotatable bonds is 4. The van der Waals surface area contributed by atoms with Gasteiger partial charge in [-0.05, 0) is 31.2 Å². The predicted molar refractivity (Wildman–Crippen MR) is 70.8 cm³/mol. The van der Waals surface area contributed by atoms with Gasteiger partial charge in [-0.15, -0.1) is 11.3 Å². The third-order valence-electron chi connectivity index (χ3n) is 2.45. The first-order valence-electron chi connectivity index (χ1n) is 5.38. The number of aromatic nitrogens is 1. The molecule has 0 aliphatic rings. The first-order valence-corrected chi connectivity index (χ1v) is 6.19. The molecule has 0 aromatic carbocycles. The van der Waals surface area contributed by atoms with E-state index >= 15 is 0 Å². The maximum absolute atomic E-state index is 10.6. The molecule has 0 unspecified atom stereocenters. The number of thiophene rings is 1. The molecule has 0 N–H and O–H groups in total. The van der Waals surface area contributed by atoms with Crippen LogP contribution in [0.25, 0.3) is 0 Å². The topological polar surface area (TPSA) is 33.2 Å². The summed E-state index contributed by atoms with van der Waals surface area (Å²) in [6.07, 6.45) is 0.882. The molecule has 0 amide bonds. The van der Waals surface area contributed by atoms with Gasteiger partial charge in [0.2, 0.25) is 0 Å². The molecule has 2 aromatic heterocycles. The van der Waals surface area contributed by atoms with Crippen molar-refractivity contribution in [1.29, 1.82) is 0 Å². The van der Waals surface area contributed by atoms with Crippen molar-refractivity contribution in [3.63, 3.8) is 0 Å². The fraction of sp³-hybridized carbons (Fsp3) is 0.231. The Balaban J connectivity index is 2.10. The molecular formula is C13H14N2OS. The van der Waals surface area contributed by atoms with Crippen LogP contribution in [0.4, 0.5) is 5.00 Å². The minimum Gasteiger partial charge on any atom is -0.361 e. The summed E-state index contributed by atoms with van der Waals surface area (Å²) in [6.45, 7) is 2.74. The number of aldehydes is 1. The van der Waals surface area contributed by atoms with Crippen LogP contribution in [0, 0.1) is 6.92 Å². The van der Waals surface area contributed by atoms with Crippen molar-refractivity contribution in [2.24, 2.45) is 0 Å². The SMILES string of the molecule is Cc1cccc(CN(C)c2ccc(C=O)s2)n1. The minimum absolute atomic E-state index is 0.750. The smallest absolute Gasteiger partial charge is 0.160 e. The second-order valence-corrected chi connectivity index (χ2v) is 5.01. The normalized spacial score (nSPS) is 10.2. The summed E-state index contributed by atoms with van der Waals surface area (Å²) in [6, 6.07) is 9.81. The van der Waals surface area contributed by atoms with Gasteiger partial charge >= 0.3 is 0 Å². The molecule has 0 aliphatic heterocycles. The van der Waals surface area contributed by atoms with Crippen molar-refractivity contribution in [2.75, 3.05) is 11.9 Å². The Hall–Kier alpha value is -1.68. The number of hydrogen-bond donors (Lipinski definition) is 0. The quantitative estimate of drug-likeness (QED) is 0.778. The summed E-state index contributed by atoms with van der Waals surface area (Å²) in [4.78, 5) is 17.9. The molecule has 0 aliphatic carbocycles. The van der Waals surface area contributed by atoms with E-state index in [0.717, 1.165) is 34.1 Å². The largest absolute Gasteiger partial charge is 0.361 e. The Morgan fingerprint density at radius 1 is 1.35 bits per heavy atom. The van der Waals surface area contributed by atoms with Crippen LogP contribution < -0.4 is 4.90 Å². The molecule has 0 atom stereocenters. The van der Waals surface area contributed by atoms with Gasteiger partial charge in [0.15, 0.2) is 6.29 Å². The molecular weight excluding hydrogens is 232 g/mol. The van der Waals surface area contributed by atoms with Crippen molar-refractivity contribution >= 4 is 22.6 Å². The van der Waals surface area contributed by atoms with E-state index < -0.39 is 0 Å². The van der Waals surface area contributed by atoms with E-state index in [-0.39, 0.29) is 0 Å². The van der Waals surface area contributed by atoms with Crippen molar-refractivity contribution in [1.82, 2.24) is 4.98 Å². The molecule has 0 saturated carbocycles. The van der Waals surface area contributed by atoms with Gasteiger partial charge in [-0.25, -0.2) is 0 Å². The Bertz CT molecular complexity index is 522. The lowest BCUT2D eigenvalue weighted by Gasteiger charge is -2.16. The van der Waals surface area contributed by atoms with E-state index in [2.05, 4.69) is 9.88 Å². The Morgan fingerprint density at radius 3 is 2.82 bits per heavy atom. The predicted octanol–water partition coefficient (Wildman–Crippen LogP) is 2.90. The van der Waals surface area contributed by atoms with E-state index in [9.17, 15) is 4.79 Å². The van der Waals surface area contributed by atoms with E-state index in [0.29, 0.717) is 0 Å². The Labute approximate surface area is 105 Å². The second-order valence-electron chi connectivity index (χ2n) is 3.92. The number of carbonyl (C=O) groups is 1. The van der Waals surface area contributed by atoms with Gasteiger partial charge in [-0.3, -0.25) is 9.78 Å². The molecule has 17 heavy (non-hydrogen) atoms. The minimum atomic E-state index is 0.750. The number of carbonyl (C=O) groups excluding carboxylic acids is 1. The average Bonchev–Trinajstić information content (AvgIpc) is 2.77. The van der Waals surface area contributed by atoms with Crippen LogP contribution in [0.2, 0.25) is 0 Å². The molecule has 2 aromatic rings. The highest BCUT2D eigenvalue weighted by Gasteiger charge is 2.06. The molecule has 0 fully saturated rings. The van der Waals surface area contributed by atoms with Crippen LogP contribution in [-0.2, 0) is 6.54 Å². The monoisotopic (exact) mass is 246 g/mol. The van der Waals surface area contributed by atoms with Gasteiger partial charge in [0, 0.05) is 12.7 Å². The number of nitrogens with zero attached hydrogens (tertiary/aromatic N) is 2.